The standard InChI is InChI=1S/C24H16Cl2IN3O5/c1-34-22-10-14(9-20(27)23(22)35-13-15-4-2-3-5-18(15)25)8-16(12-28)24(31)29-21-11-17(30(32)33)6-7-19(21)26/h2-11H,13H2,1H3,(H,29,31)/b16-8+. The van der Waals surface area contributed by atoms with Gasteiger partial charge in [0.1, 0.15) is 18.2 Å². The number of ether oxygens (including phenoxy) is 2. The summed E-state index contributed by atoms with van der Waals surface area (Å²) in [6.07, 6.45) is 1.36. The molecule has 3 aromatic rings. The number of anilines is 1. The summed E-state index contributed by atoms with van der Waals surface area (Å²) in [6.45, 7) is 0.219. The van der Waals surface area contributed by atoms with E-state index in [0.717, 1.165) is 11.6 Å². The summed E-state index contributed by atoms with van der Waals surface area (Å²) >= 11 is 14.3. The third kappa shape index (κ3) is 6.63. The first kappa shape index (κ1) is 26.3. The number of nitrogens with one attached hydrogen (secondary N) is 1. The van der Waals surface area contributed by atoms with Crippen LogP contribution in [0.15, 0.2) is 60.2 Å². The number of nitro benzene ring substituents is 1. The highest BCUT2D eigenvalue weighted by Gasteiger charge is 2.17. The zero-order valence-corrected chi connectivity index (χ0v) is 21.7. The van der Waals surface area contributed by atoms with Crippen LogP contribution in [0, 0.1) is 25.0 Å². The number of nitrogens with zero attached hydrogens (tertiary/aromatic N) is 2. The summed E-state index contributed by atoms with van der Waals surface area (Å²) in [6, 6.07) is 16.1. The van der Waals surface area contributed by atoms with Gasteiger partial charge in [0, 0.05) is 22.7 Å². The number of nitriles is 1. The minimum absolute atomic E-state index is 0.0162. The molecule has 3 rings (SSSR count). The van der Waals surface area contributed by atoms with Crippen LogP contribution < -0.4 is 14.8 Å². The molecule has 0 saturated heterocycles. The smallest absolute Gasteiger partial charge is 0.271 e. The van der Waals surface area contributed by atoms with Gasteiger partial charge in [0.15, 0.2) is 11.5 Å². The molecule has 0 radical (unpaired) electrons. The predicted molar refractivity (Wildman–Crippen MR) is 142 cm³/mol. The number of benzene rings is 3. The molecule has 0 atom stereocenters. The van der Waals surface area contributed by atoms with Crippen LogP contribution in [0.3, 0.4) is 0 Å². The van der Waals surface area contributed by atoms with Gasteiger partial charge in [0.05, 0.1) is 26.3 Å². The fourth-order valence-corrected chi connectivity index (χ4v) is 4.09. The third-order valence-corrected chi connectivity index (χ3v) is 6.17. The Balaban J connectivity index is 1.85. The molecule has 0 aliphatic heterocycles. The Bertz CT molecular complexity index is 1370. The average molecular weight is 624 g/mol. The number of halogens is 3. The highest BCUT2D eigenvalue weighted by molar-refractivity contribution is 14.1. The molecule has 0 bridgehead atoms. The van der Waals surface area contributed by atoms with E-state index >= 15 is 0 Å². The molecular weight excluding hydrogens is 608 g/mol. The van der Waals surface area contributed by atoms with Gasteiger partial charge in [-0.05, 0) is 58.5 Å². The van der Waals surface area contributed by atoms with Crippen molar-refractivity contribution < 1.29 is 19.2 Å². The Morgan fingerprint density at radius 2 is 1.94 bits per heavy atom. The zero-order chi connectivity index (χ0) is 25.5. The van der Waals surface area contributed by atoms with Crippen LogP contribution in [0.4, 0.5) is 11.4 Å². The van der Waals surface area contributed by atoms with Gasteiger partial charge in [-0.15, -0.1) is 0 Å². The Morgan fingerprint density at radius 3 is 2.60 bits per heavy atom. The van der Waals surface area contributed by atoms with Crippen LogP contribution in [0.5, 0.6) is 11.5 Å². The minimum Gasteiger partial charge on any atom is -0.493 e. The van der Waals surface area contributed by atoms with E-state index in [1.165, 1.54) is 25.3 Å². The summed E-state index contributed by atoms with van der Waals surface area (Å²) < 4.78 is 12.1. The van der Waals surface area contributed by atoms with Crippen molar-refractivity contribution in [2.45, 2.75) is 6.61 Å². The molecule has 0 fully saturated rings. The Labute approximate surface area is 224 Å². The summed E-state index contributed by atoms with van der Waals surface area (Å²) in [7, 11) is 1.48. The van der Waals surface area contributed by atoms with Crippen LogP contribution >= 0.6 is 45.8 Å². The van der Waals surface area contributed by atoms with Crippen LogP contribution in [0.2, 0.25) is 10.0 Å². The maximum atomic E-state index is 12.7. The first-order valence-corrected chi connectivity index (χ1v) is 11.7. The second-order valence-corrected chi connectivity index (χ2v) is 8.94. The second-order valence-electron chi connectivity index (χ2n) is 6.96. The van der Waals surface area contributed by atoms with E-state index in [-0.39, 0.29) is 28.6 Å². The van der Waals surface area contributed by atoms with Crippen molar-refractivity contribution in [1.29, 1.82) is 5.26 Å². The van der Waals surface area contributed by atoms with Crippen molar-refractivity contribution in [3.63, 3.8) is 0 Å². The molecule has 0 aliphatic carbocycles. The van der Waals surface area contributed by atoms with Gasteiger partial charge in [-0.25, -0.2) is 0 Å². The fourth-order valence-electron chi connectivity index (χ4n) is 2.96. The van der Waals surface area contributed by atoms with Crippen LogP contribution in [-0.4, -0.2) is 17.9 Å². The van der Waals surface area contributed by atoms with Gasteiger partial charge in [0.25, 0.3) is 11.6 Å². The normalized spacial score (nSPS) is 10.9. The molecular formula is C24H16Cl2IN3O5. The SMILES string of the molecule is COc1cc(/C=C(\C#N)C(=O)Nc2cc([N+](=O)[O-])ccc2Cl)cc(I)c1OCc1ccccc1Cl. The Kier molecular flexibility index (Phi) is 8.92. The molecule has 0 aromatic heterocycles. The van der Waals surface area contributed by atoms with Gasteiger partial charge in [-0.1, -0.05) is 41.4 Å². The fraction of sp³-hybridized carbons (Fsp3) is 0.0833. The Hall–Kier alpha value is -3.33. The van der Waals surface area contributed by atoms with Crippen LogP contribution in [-0.2, 0) is 11.4 Å². The molecule has 0 aliphatic rings. The van der Waals surface area contributed by atoms with Gasteiger partial charge >= 0.3 is 0 Å². The summed E-state index contributed by atoms with van der Waals surface area (Å²) in [5, 5.41) is 23.7. The van der Waals surface area contributed by atoms with Crippen molar-refractivity contribution in [3.8, 4) is 17.6 Å². The average Bonchev–Trinajstić information content (AvgIpc) is 2.83. The van der Waals surface area contributed by atoms with Crippen molar-refractivity contribution in [2.24, 2.45) is 0 Å². The van der Waals surface area contributed by atoms with Gasteiger partial charge in [-0.3, -0.25) is 14.9 Å². The molecule has 1 amide bonds. The summed E-state index contributed by atoms with van der Waals surface area (Å²) in [4.78, 5) is 23.1. The highest BCUT2D eigenvalue weighted by atomic mass is 127. The quantitative estimate of drug-likeness (QED) is 0.0989. The molecule has 35 heavy (non-hydrogen) atoms. The second kappa shape index (κ2) is 11.9. The number of non-ortho nitro benzene ring substituents is 1. The number of hydrogen-bond acceptors (Lipinski definition) is 6. The lowest BCUT2D eigenvalue weighted by molar-refractivity contribution is -0.384. The number of carbonyl (C=O) groups excluding carboxylic acids is 1. The third-order valence-electron chi connectivity index (χ3n) is 4.67. The number of hydrogen-bond donors (Lipinski definition) is 1. The molecule has 11 heteroatoms. The minimum atomic E-state index is -0.775. The molecule has 8 nitrogen and oxygen atoms in total. The molecule has 0 spiro atoms. The first-order valence-electron chi connectivity index (χ1n) is 9.84. The maximum Gasteiger partial charge on any atom is 0.271 e. The van der Waals surface area contributed by atoms with Gasteiger partial charge in [0.2, 0.25) is 0 Å². The van der Waals surface area contributed by atoms with Gasteiger partial charge < -0.3 is 14.8 Å². The lowest BCUT2D eigenvalue weighted by atomic mass is 10.1. The van der Waals surface area contributed by atoms with Crippen molar-refractivity contribution in [1.82, 2.24) is 0 Å². The van der Waals surface area contributed by atoms with Crippen molar-refractivity contribution >= 4 is 69.2 Å². The first-order chi connectivity index (χ1) is 16.7. The van der Waals surface area contributed by atoms with E-state index in [4.69, 9.17) is 32.7 Å². The number of methoxy groups -OCH3 is 1. The molecule has 0 saturated carbocycles. The lowest BCUT2D eigenvalue weighted by Gasteiger charge is -2.14. The van der Waals surface area contributed by atoms with Gasteiger partial charge in [-0.2, -0.15) is 5.26 Å². The zero-order valence-electron chi connectivity index (χ0n) is 18.1. The number of carbonyl (C=O) groups is 1. The van der Waals surface area contributed by atoms with E-state index in [2.05, 4.69) is 27.9 Å². The summed E-state index contributed by atoms with van der Waals surface area (Å²) in [5.74, 6) is 0.106. The van der Waals surface area contributed by atoms with E-state index in [1.54, 1.807) is 18.2 Å². The largest absolute Gasteiger partial charge is 0.493 e. The number of nitro groups is 1. The number of amides is 1. The predicted octanol–water partition coefficient (Wildman–Crippen LogP) is 6.64. The van der Waals surface area contributed by atoms with E-state index in [0.29, 0.717) is 25.7 Å². The van der Waals surface area contributed by atoms with E-state index in [9.17, 15) is 20.2 Å². The lowest BCUT2D eigenvalue weighted by Crippen LogP contribution is -2.14. The maximum absolute atomic E-state index is 12.7. The van der Waals surface area contributed by atoms with Crippen LogP contribution in [0.1, 0.15) is 11.1 Å². The van der Waals surface area contributed by atoms with Crippen LogP contribution in [0.25, 0.3) is 6.08 Å². The Morgan fingerprint density at radius 1 is 1.20 bits per heavy atom. The number of rotatable bonds is 8. The molecule has 3 aromatic carbocycles. The van der Waals surface area contributed by atoms with E-state index < -0.39 is 10.8 Å². The molecule has 1 N–H and O–H groups in total. The highest BCUT2D eigenvalue weighted by Crippen LogP contribution is 2.36. The van der Waals surface area contributed by atoms with E-state index in [1.807, 2.05) is 24.3 Å². The molecule has 178 valence electrons. The molecule has 0 unspecified atom stereocenters. The van der Waals surface area contributed by atoms with Crippen molar-refractivity contribution in [2.75, 3.05) is 12.4 Å². The summed E-state index contributed by atoms with van der Waals surface area (Å²) in [5.41, 5.74) is 0.837. The topological polar surface area (TPSA) is 114 Å². The van der Waals surface area contributed by atoms with Crippen molar-refractivity contribution in [3.05, 3.63) is 95.0 Å². The monoisotopic (exact) mass is 623 g/mol. The molecule has 0 heterocycles.